The first-order valence-corrected chi connectivity index (χ1v) is 8.51. The monoisotopic (exact) mass is 300 g/mol. The smallest absolute Gasteiger partial charge is 0.149 e. The molecule has 2 N–H and O–H groups in total. The Balaban J connectivity index is 3.13. The number of hydrogen-bond donors (Lipinski definition) is 1. The highest BCUT2D eigenvalue weighted by molar-refractivity contribution is 7.90. The minimum absolute atomic E-state index is 0.0811. The molecular formula is C13H24N4O2S. The van der Waals surface area contributed by atoms with E-state index < -0.39 is 9.84 Å². The van der Waals surface area contributed by atoms with Gasteiger partial charge in [-0.05, 0) is 6.92 Å². The average molecular weight is 300 g/mol. The minimum atomic E-state index is -3.01. The molecule has 1 rings (SSSR count). The Morgan fingerprint density at radius 1 is 1.25 bits per heavy atom. The number of nitrogens with two attached hydrogens (primary N) is 1. The van der Waals surface area contributed by atoms with Crippen molar-refractivity contribution in [2.24, 2.45) is 0 Å². The first-order chi connectivity index (χ1) is 8.92. The van der Waals surface area contributed by atoms with Gasteiger partial charge < -0.3 is 10.6 Å². The SMILES string of the molecule is Cc1c(N)nc(C(C)(C)C)nc1N(C)CCS(C)(=O)=O. The van der Waals surface area contributed by atoms with E-state index in [4.69, 9.17) is 5.73 Å². The van der Waals surface area contributed by atoms with Crippen molar-refractivity contribution in [1.82, 2.24) is 9.97 Å². The number of nitrogens with zero attached hydrogens (tertiary/aromatic N) is 3. The van der Waals surface area contributed by atoms with E-state index in [9.17, 15) is 8.42 Å². The lowest BCUT2D eigenvalue weighted by Gasteiger charge is -2.24. The van der Waals surface area contributed by atoms with Crippen molar-refractivity contribution in [1.29, 1.82) is 0 Å². The van der Waals surface area contributed by atoms with Crippen LogP contribution in [0, 0.1) is 6.92 Å². The summed E-state index contributed by atoms with van der Waals surface area (Å²) in [5.41, 5.74) is 6.50. The highest BCUT2D eigenvalue weighted by atomic mass is 32.2. The van der Waals surface area contributed by atoms with Gasteiger partial charge in [-0.1, -0.05) is 20.8 Å². The summed E-state index contributed by atoms with van der Waals surface area (Å²) < 4.78 is 22.5. The summed E-state index contributed by atoms with van der Waals surface area (Å²) in [4.78, 5) is 10.7. The quantitative estimate of drug-likeness (QED) is 0.897. The van der Waals surface area contributed by atoms with Crippen LogP contribution in [0.4, 0.5) is 11.6 Å². The van der Waals surface area contributed by atoms with Crippen molar-refractivity contribution in [2.75, 3.05) is 36.2 Å². The molecule has 0 bridgehead atoms. The number of anilines is 2. The van der Waals surface area contributed by atoms with E-state index in [1.165, 1.54) is 6.26 Å². The zero-order chi connectivity index (χ0) is 15.7. The third kappa shape index (κ3) is 4.33. The standard InChI is InChI=1S/C13H24N4O2S/c1-9-10(14)15-12(13(2,3)4)16-11(9)17(5)7-8-20(6,18)19/h7-8H2,1-6H3,(H2,14,15,16). The van der Waals surface area contributed by atoms with E-state index in [0.717, 1.165) is 5.56 Å². The molecule has 0 amide bonds. The predicted octanol–water partition coefficient (Wildman–Crippen LogP) is 1.15. The van der Waals surface area contributed by atoms with Crippen molar-refractivity contribution >= 4 is 21.5 Å². The molecule has 1 aromatic heterocycles. The second-order valence-electron chi connectivity index (χ2n) is 6.18. The molecule has 20 heavy (non-hydrogen) atoms. The van der Waals surface area contributed by atoms with Crippen LogP contribution in [0.2, 0.25) is 0 Å². The van der Waals surface area contributed by atoms with E-state index >= 15 is 0 Å². The maximum absolute atomic E-state index is 11.3. The Morgan fingerprint density at radius 3 is 2.25 bits per heavy atom. The molecule has 0 aliphatic carbocycles. The van der Waals surface area contributed by atoms with Crippen LogP contribution in [-0.4, -0.2) is 44.0 Å². The topological polar surface area (TPSA) is 89.2 Å². The molecule has 0 aromatic carbocycles. The molecule has 0 atom stereocenters. The van der Waals surface area contributed by atoms with Gasteiger partial charge in [-0.15, -0.1) is 0 Å². The van der Waals surface area contributed by atoms with Crippen molar-refractivity contribution in [3.63, 3.8) is 0 Å². The minimum Gasteiger partial charge on any atom is -0.383 e. The lowest BCUT2D eigenvalue weighted by molar-refractivity contribution is 0.545. The van der Waals surface area contributed by atoms with Crippen molar-refractivity contribution in [3.8, 4) is 0 Å². The number of nitrogen functional groups attached to an aromatic ring is 1. The molecule has 7 heteroatoms. The molecule has 0 spiro atoms. The van der Waals surface area contributed by atoms with E-state index in [1.807, 2.05) is 39.6 Å². The Bertz CT molecular complexity index is 591. The molecule has 0 radical (unpaired) electrons. The zero-order valence-corrected chi connectivity index (χ0v) is 13.9. The number of sulfone groups is 1. The van der Waals surface area contributed by atoms with Gasteiger partial charge in [0.15, 0.2) is 0 Å². The molecule has 1 heterocycles. The maximum atomic E-state index is 11.3. The Labute approximate surface area is 121 Å². The van der Waals surface area contributed by atoms with E-state index in [1.54, 1.807) is 0 Å². The van der Waals surface area contributed by atoms with Crippen LogP contribution in [0.5, 0.6) is 0 Å². The van der Waals surface area contributed by atoms with Gasteiger partial charge in [0.05, 0.1) is 5.75 Å². The normalized spacial score (nSPS) is 12.5. The van der Waals surface area contributed by atoms with E-state index in [2.05, 4.69) is 9.97 Å². The van der Waals surface area contributed by atoms with Gasteiger partial charge in [0.2, 0.25) is 0 Å². The summed E-state index contributed by atoms with van der Waals surface area (Å²) in [5.74, 6) is 1.86. The molecule has 0 fully saturated rings. The fourth-order valence-electron chi connectivity index (χ4n) is 1.64. The Hall–Kier alpha value is -1.37. The summed E-state index contributed by atoms with van der Waals surface area (Å²) in [5, 5.41) is 0. The second kappa shape index (κ2) is 5.55. The highest BCUT2D eigenvalue weighted by Crippen LogP contribution is 2.26. The summed E-state index contributed by atoms with van der Waals surface area (Å²) in [7, 11) is -1.19. The summed E-state index contributed by atoms with van der Waals surface area (Å²) in [6, 6.07) is 0. The van der Waals surface area contributed by atoms with Crippen LogP contribution in [0.3, 0.4) is 0 Å². The molecule has 0 saturated heterocycles. The van der Waals surface area contributed by atoms with Crippen LogP contribution in [0.15, 0.2) is 0 Å². The van der Waals surface area contributed by atoms with Gasteiger partial charge in [-0.2, -0.15) is 0 Å². The molecule has 0 aliphatic rings. The van der Waals surface area contributed by atoms with Crippen LogP contribution >= 0.6 is 0 Å². The molecule has 114 valence electrons. The molecule has 1 aromatic rings. The summed E-state index contributed by atoms with van der Waals surface area (Å²) in [6.45, 7) is 8.25. The van der Waals surface area contributed by atoms with Crippen molar-refractivity contribution in [2.45, 2.75) is 33.1 Å². The fourth-order valence-corrected chi connectivity index (χ4v) is 2.24. The highest BCUT2D eigenvalue weighted by Gasteiger charge is 2.22. The molecule has 0 unspecified atom stereocenters. The number of hydrogen-bond acceptors (Lipinski definition) is 6. The van der Waals surface area contributed by atoms with Crippen LogP contribution in [0.1, 0.15) is 32.2 Å². The van der Waals surface area contributed by atoms with Crippen LogP contribution in [0.25, 0.3) is 0 Å². The van der Waals surface area contributed by atoms with Crippen LogP contribution < -0.4 is 10.6 Å². The Morgan fingerprint density at radius 2 is 1.80 bits per heavy atom. The van der Waals surface area contributed by atoms with Crippen molar-refractivity contribution < 1.29 is 8.42 Å². The van der Waals surface area contributed by atoms with E-state index in [-0.39, 0.29) is 11.2 Å². The van der Waals surface area contributed by atoms with Gasteiger partial charge in [0.1, 0.15) is 27.3 Å². The van der Waals surface area contributed by atoms with E-state index in [0.29, 0.717) is 24.0 Å². The zero-order valence-electron chi connectivity index (χ0n) is 13.1. The molecular weight excluding hydrogens is 276 g/mol. The largest absolute Gasteiger partial charge is 0.383 e. The molecule has 0 aliphatic heterocycles. The average Bonchev–Trinajstić information content (AvgIpc) is 2.27. The third-order valence-electron chi connectivity index (χ3n) is 2.99. The van der Waals surface area contributed by atoms with Gasteiger partial charge in [-0.25, -0.2) is 18.4 Å². The maximum Gasteiger partial charge on any atom is 0.149 e. The summed E-state index contributed by atoms with van der Waals surface area (Å²) in [6.07, 6.45) is 1.22. The molecule has 6 nitrogen and oxygen atoms in total. The molecule has 0 saturated carbocycles. The van der Waals surface area contributed by atoms with Gasteiger partial charge >= 0.3 is 0 Å². The lowest BCUT2D eigenvalue weighted by Crippen LogP contribution is -2.28. The number of rotatable bonds is 4. The lowest BCUT2D eigenvalue weighted by atomic mass is 9.95. The fraction of sp³-hybridized carbons (Fsp3) is 0.692. The van der Waals surface area contributed by atoms with Gasteiger partial charge in [-0.3, -0.25) is 0 Å². The first-order valence-electron chi connectivity index (χ1n) is 6.45. The predicted molar refractivity (Wildman–Crippen MR) is 82.9 cm³/mol. The summed E-state index contributed by atoms with van der Waals surface area (Å²) >= 11 is 0. The Kier molecular flexibility index (Phi) is 4.63. The van der Waals surface area contributed by atoms with Crippen LogP contribution in [-0.2, 0) is 15.3 Å². The van der Waals surface area contributed by atoms with Crippen molar-refractivity contribution in [3.05, 3.63) is 11.4 Å². The first kappa shape index (κ1) is 16.7. The number of aromatic nitrogens is 2. The second-order valence-corrected chi connectivity index (χ2v) is 8.44. The van der Waals surface area contributed by atoms with Gasteiger partial charge in [0.25, 0.3) is 0 Å². The van der Waals surface area contributed by atoms with Gasteiger partial charge in [0, 0.05) is 30.8 Å². The third-order valence-corrected chi connectivity index (χ3v) is 3.91.